The van der Waals surface area contributed by atoms with Crippen molar-refractivity contribution in [3.05, 3.63) is 46.5 Å². The molecule has 0 spiro atoms. The molecule has 0 unspecified atom stereocenters. The predicted molar refractivity (Wildman–Crippen MR) is 107 cm³/mol. The van der Waals surface area contributed by atoms with Crippen LogP contribution >= 0.6 is 0 Å². The molecule has 0 aromatic heterocycles. The normalized spacial score (nSPS) is 12.4. The Morgan fingerprint density at radius 2 is 1.16 bits per heavy atom. The quantitative estimate of drug-likeness (QED) is 0.697. The summed E-state index contributed by atoms with van der Waals surface area (Å²) in [7, 11) is 1.71. The van der Waals surface area contributed by atoms with Crippen molar-refractivity contribution >= 4 is 0 Å². The minimum absolute atomic E-state index is 0.0432. The van der Waals surface area contributed by atoms with Crippen LogP contribution in [0.1, 0.15) is 63.8 Å². The summed E-state index contributed by atoms with van der Waals surface area (Å²) in [6.07, 6.45) is 0. The number of hydrogen-bond acceptors (Lipinski definition) is 2. The summed E-state index contributed by atoms with van der Waals surface area (Å²) in [5, 5.41) is 11.1. The van der Waals surface area contributed by atoms with Crippen LogP contribution in [-0.2, 0) is 10.8 Å². The fourth-order valence-electron chi connectivity index (χ4n) is 3.31. The molecule has 2 rings (SSSR count). The molecule has 2 aromatic carbocycles. The smallest absolute Gasteiger partial charge is 0.130 e. The summed E-state index contributed by atoms with van der Waals surface area (Å²) < 4.78 is 5.82. The molecule has 2 nitrogen and oxygen atoms in total. The van der Waals surface area contributed by atoms with Gasteiger partial charge in [0.2, 0.25) is 0 Å². The molecule has 0 aliphatic carbocycles. The molecule has 0 atom stereocenters. The lowest BCUT2D eigenvalue weighted by Crippen LogP contribution is -2.14. The zero-order chi connectivity index (χ0) is 19.2. The average Bonchev–Trinajstić information content (AvgIpc) is 2.46. The van der Waals surface area contributed by atoms with Gasteiger partial charge in [-0.15, -0.1) is 0 Å². The Morgan fingerprint density at radius 3 is 1.60 bits per heavy atom. The second kappa shape index (κ2) is 6.40. The Hall–Kier alpha value is -1.96. The number of rotatable bonds is 2. The molecule has 0 bridgehead atoms. The Balaban J connectivity index is 2.88. The highest BCUT2D eigenvalue weighted by Crippen LogP contribution is 2.46. The van der Waals surface area contributed by atoms with E-state index in [-0.39, 0.29) is 10.8 Å². The van der Waals surface area contributed by atoms with Gasteiger partial charge in [-0.2, -0.15) is 0 Å². The lowest BCUT2D eigenvalue weighted by Gasteiger charge is -2.27. The van der Waals surface area contributed by atoms with Crippen LogP contribution in [0.25, 0.3) is 11.1 Å². The number of hydrogen-bond donors (Lipinski definition) is 1. The summed E-state index contributed by atoms with van der Waals surface area (Å²) in [5.41, 5.74) is 6.05. The lowest BCUT2D eigenvalue weighted by molar-refractivity contribution is 0.398. The van der Waals surface area contributed by atoms with Crippen LogP contribution in [0.4, 0.5) is 0 Å². The first-order valence-corrected chi connectivity index (χ1v) is 8.90. The highest BCUT2D eigenvalue weighted by Gasteiger charge is 2.26. The maximum atomic E-state index is 11.1. The first kappa shape index (κ1) is 19.4. The fourth-order valence-corrected chi connectivity index (χ4v) is 3.31. The van der Waals surface area contributed by atoms with Gasteiger partial charge in [0, 0.05) is 22.3 Å². The van der Waals surface area contributed by atoms with Crippen molar-refractivity contribution in [3.63, 3.8) is 0 Å². The van der Waals surface area contributed by atoms with E-state index in [4.69, 9.17) is 4.74 Å². The van der Waals surface area contributed by atoms with Gasteiger partial charge < -0.3 is 9.84 Å². The third kappa shape index (κ3) is 3.84. The molecular formula is C23H32O2. The fraction of sp³-hybridized carbons (Fsp3) is 0.478. The number of aromatic hydroxyl groups is 1. The van der Waals surface area contributed by atoms with E-state index >= 15 is 0 Å². The minimum Gasteiger partial charge on any atom is -0.507 e. The molecule has 0 aliphatic rings. The maximum absolute atomic E-state index is 11.1. The zero-order valence-corrected chi connectivity index (χ0v) is 17.2. The molecule has 0 heterocycles. The van der Waals surface area contributed by atoms with Gasteiger partial charge in [0.1, 0.15) is 11.5 Å². The second-order valence-electron chi connectivity index (χ2n) is 9.10. The number of benzene rings is 2. The third-order valence-corrected chi connectivity index (χ3v) is 4.60. The van der Waals surface area contributed by atoms with Gasteiger partial charge >= 0.3 is 0 Å². The highest BCUT2D eigenvalue weighted by atomic mass is 16.5. The van der Waals surface area contributed by atoms with Gasteiger partial charge in [0.05, 0.1) is 7.11 Å². The van der Waals surface area contributed by atoms with Crippen LogP contribution in [0.5, 0.6) is 11.5 Å². The van der Waals surface area contributed by atoms with Gasteiger partial charge in [0.25, 0.3) is 0 Å². The van der Waals surface area contributed by atoms with Gasteiger partial charge in [-0.25, -0.2) is 0 Å². The lowest BCUT2D eigenvalue weighted by atomic mass is 9.80. The summed E-state index contributed by atoms with van der Waals surface area (Å²) in [5.74, 6) is 1.20. The third-order valence-electron chi connectivity index (χ3n) is 4.60. The number of phenolic OH excluding ortho intramolecular Hbond substituents is 1. The number of phenols is 1. The molecule has 0 saturated carbocycles. The molecule has 0 amide bonds. The molecule has 0 radical (unpaired) electrons. The van der Waals surface area contributed by atoms with Crippen molar-refractivity contribution in [2.24, 2.45) is 0 Å². The SMILES string of the molecule is COc1c(-c2cc(C)cc(C(C)(C)C)c2O)cc(C)cc1C(C)(C)C. The Kier molecular flexibility index (Phi) is 4.96. The molecule has 0 saturated heterocycles. The minimum atomic E-state index is -0.130. The monoisotopic (exact) mass is 340 g/mol. The average molecular weight is 341 g/mol. The summed E-state index contributed by atoms with van der Waals surface area (Å²) >= 11 is 0. The molecular weight excluding hydrogens is 308 g/mol. The first-order valence-electron chi connectivity index (χ1n) is 8.90. The van der Waals surface area contributed by atoms with Crippen molar-refractivity contribution in [2.45, 2.75) is 66.2 Å². The summed E-state index contributed by atoms with van der Waals surface area (Å²) in [6.45, 7) is 17.1. The maximum Gasteiger partial charge on any atom is 0.130 e. The van der Waals surface area contributed by atoms with E-state index in [0.717, 1.165) is 33.6 Å². The van der Waals surface area contributed by atoms with Gasteiger partial charge in [-0.1, -0.05) is 53.7 Å². The molecule has 0 aliphatic heterocycles. The Labute approximate surface area is 152 Å². The zero-order valence-electron chi connectivity index (χ0n) is 17.2. The van der Waals surface area contributed by atoms with E-state index in [1.165, 1.54) is 5.56 Å². The van der Waals surface area contributed by atoms with Crippen LogP contribution in [-0.4, -0.2) is 12.2 Å². The summed E-state index contributed by atoms with van der Waals surface area (Å²) in [4.78, 5) is 0. The number of methoxy groups -OCH3 is 1. The molecule has 25 heavy (non-hydrogen) atoms. The van der Waals surface area contributed by atoms with Crippen LogP contribution in [0, 0.1) is 13.8 Å². The predicted octanol–water partition coefficient (Wildman–Crippen LogP) is 6.28. The van der Waals surface area contributed by atoms with E-state index in [1.807, 2.05) is 6.07 Å². The molecule has 2 aromatic rings. The van der Waals surface area contributed by atoms with Gasteiger partial charge in [-0.3, -0.25) is 0 Å². The van der Waals surface area contributed by atoms with Crippen molar-refractivity contribution in [3.8, 4) is 22.6 Å². The Morgan fingerprint density at radius 1 is 0.720 bits per heavy atom. The topological polar surface area (TPSA) is 29.5 Å². The Bertz CT molecular complexity index is 787. The van der Waals surface area contributed by atoms with Crippen LogP contribution in [0.2, 0.25) is 0 Å². The van der Waals surface area contributed by atoms with E-state index in [0.29, 0.717) is 5.75 Å². The molecule has 1 N–H and O–H groups in total. The second-order valence-corrected chi connectivity index (χ2v) is 9.10. The van der Waals surface area contributed by atoms with E-state index in [9.17, 15) is 5.11 Å². The summed E-state index contributed by atoms with van der Waals surface area (Å²) in [6, 6.07) is 8.41. The van der Waals surface area contributed by atoms with Crippen LogP contribution < -0.4 is 4.74 Å². The number of aryl methyl sites for hydroxylation is 2. The molecule has 2 heteroatoms. The van der Waals surface area contributed by atoms with Crippen LogP contribution in [0.15, 0.2) is 24.3 Å². The van der Waals surface area contributed by atoms with Crippen molar-refractivity contribution in [2.75, 3.05) is 7.11 Å². The number of ether oxygens (including phenoxy) is 1. The van der Waals surface area contributed by atoms with E-state index in [2.05, 4.69) is 73.6 Å². The van der Waals surface area contributed by atoms with Gasteiger partial charge in [-0.05, 0) is 47.9 Å². The van der Waals surface area contributed by atoms with Crippen LogP contribution in [0.3, 0.4) is 0 Å². The standard InChI is InChI=1S/C23H32O2/c1-14-10-16(20(24)18(12-14)22(3,4)5)17-11-15(2)13-19(21(17)25-9)23(6,7)8/h10-13,24H,1-9H3. The van der Waals surface area contributed by atoms with E-state index in [1.54, 1.807) is 7.11 Å². The van der Waals surface area contributed by atoms with Gasteiger partial charge in [0.15, 0.2) is 0 Å². The largest absolute Gasteiger partial charge is 0.507 e. The highest BCUT2D eigenvalue weighted by molar-refractivity contribution is 5.80. The van der Waals surface area contributed by atoms with E-state index < -0.39 is 0 Å². The molecule has 136 valence electrons. The van der Waals surface area contributed by atoms with Crippen molar-refractivity contribution in [1.82, 2.24) is 0 Å². The van der Waals surface area contributed by atoms with Crippen molar-refractivity contribution < 1.29 is 9.84 Å². The molecule has 0 fully saturated rings. The van der Waals surface area contributed by atoms with Crippen molar-refractivity contribution in [1.29, 1.82) is 0 Å². The first-order chi connectivity index (χ1) is 11.4.